The van der Waals surface area contributed by atoms with Crippen LogP contribution in [0.15, 0.2) is 48.5 Å². The molecular weight excluding hydrogens is 380 g/mol. The first-order valence-electron chi connectivity index (χ1n) is 8.72. The summed E-state index contributed by atoms with van der Waals surface area (Å²) >= 11 is 1.82. The van der Waals surface area contributed by atoms with E-state index in [2.05, 4.69) is 51.2 Å². The molecule has 2 unspecified atom stereocenters. The van der Waals surface area contributed by atoms with E-state index in [0.29, 0.717) is 5.69 Å². The number of fused-ring (bicyclic) bond motifs is 1. The molecule has 0 aliphatic carbocycles. The molecule has 2 heterocycles. The van der Waals surface area contributed by atoms with Gasteiger partial charge in [0.2, 0.25) is 10.0 Å². The number of benzene rings is 2. The van der Waals surface area contributed by atoms with Gasteiger partial charge in [-0.15, -0.1) is 11.3 Å². The van der Waals surface area contributed by atoms with E-state index >= 15 is 0 Å². The van der Waals surface area contributed by atoms with Gasteiger partial charge in [-0.25, -0.2) is 19.3 Å². The second kappa shape index (κ2) is 7.12. The molecule has 0 spiro atoms. The quantitative estimate of drug-likeness (QED) is 0.525. The van der Waals surface area contributed by atoms with Gasteiger partial charge in [-0.2, -0.15) is 0 Å². The molecule has 0 radical (unpaired) electrons. The van der Waals surface area contributed by atoms with Crippen LogP contribution in [0.5, 0.6) is 0 Å². The number of anilines is 2. The topological polar surface area (TPSA) is 82.3 Å². The van der Waals surface area contributed by atoms with E-state index in [1.165, 1.54) is 15.0 Å². The van der Waals surface area contributed by atoms with Crippen molar-refractivity contribution in [2.45, 2.75) is 25.6 Å². The number of thiophene rings is 1. The summed E-state index contributed by atoms with van der Waals surface area (Å²) in [6.45, 7) is 1.96. The Labute approximate surface area is 163 Å². The Morgan fingerprint density at radius 1 is 1.11 bits per heavy atom. The zero-order valence-corrected chi connectivity index (χ0v) is 16.7. The van der Waals surface area contributed by atoms with E-state index in [9.17, 15) is 8.42 Å². The van der Waals surface area contributed by atoms with Crippen molar-refractivity contribution < 1.29 is 8.42 Å². The van der Waals surface area contributed by atoms with Gasteiger partial charge in [0, 0.05) is 27.4 Å². The third-order valence-electron chi connectivity index (χ3n) is 4.55. The highest BCUT2D eigenvalue weighted by molar-refractivity contribution is 7.92. The van der Waals surface area contributed by atoms with Crippen LogP contribution in [0.25, 0.3) is 10.1 Å². The van der Waals surface area contributed by atoms with Gasteiger partial charge >= 0.3 is 0 Å². The predicted molar refractivity (Wildman–Crippen MR) is 113 cm³/mol. The molecular formula is C19H22N4O2S2. The third kappa shape index (κ3) is 4.24. The maximum atomic E-state index is 11.4. The van der Waals surface area contributed by atoms with Crippen LogP contribution in [0, 0.1) is 6.92 Å². The first-order chi connectivity index (χ1) is 12.9. The summed E-state index contributed by atoms with van der Waals surface area (Å²) in [5.74, 6) is 0. The average Bonchev–Trinajstić information content (AvgIpc) is 3.22. The Morgan fingerprint density at radius 2 is 1.93 bits per heavy atom. The van der Waals surface area contributed by atoms with Gasteiger partial charge in [-0.05, 0) is 48.2 Å². The van der Waals surface area contributed by atoms with Crippen LogP contribution in [0.3, 0.4) is 0 Å². The fourth-order valence-corrected chi connectivity index (χ4v) is 4.99. The predicted octanol–water partition coefficient (Wildman–Crippen LogP) is 3.56. The van der Waals surface area contributed by atoms with E-state index in [0.717, 1.165) is 23.9 Å². The van der Waals surface area contributed by atoms with Crippen molar-refractivity contribution in [2.24, 2.45) is 0 Å². The van der Waals surface area contributed by atoms with Crippen molar-refractivity contribution in [1.82, 2.24) is 10.9 Å². The Balaban J connectivity index is 1.43. The van der Waals surface area contributed by atoms with Crippen LogP contribution in [-0.4, -0.2) is 20.8 Å². The minimum absolute atomic E-state index is 0.0904. The summed E-state index contributed by atoms with van der Waals surface area (Å²) in [6.07, 6.45) is 2.15. The zero-order valence-electron chi connectivity index (χ0n) is 15.1. The summed E-state index contributed by atoms with van der Waals surface area (Å²) in [7, 11) is -3.27. The molecule has 4 N–H and O–H groups in total. The van der Waals surface area contributed by atoms with Crippen molar-refractivity contribution >= 4 is 42.8 Å². The molecule has 0 saturated carbocycles. The molecule has 1 fully saturated rings. The number of nitrogens with one attached hydrogen (secondary N) is 4. The Hall–Kier alpha value is -2.13. The largest absolute Gasteiger partial charge is 0.368 e. The van der Waals surface area contributed by atoms with Crippen molar-refractivity contribution in [2.75, 3.05) is 16.3 Å². The molecule has 6 nitrogen and oxygen atoms in total. The minimum Gasteiger partial charge on any atom is -0.368 e. The summed E-state index contributed by atoms with van der Waals surface area (Å²) in [5.41, 5.74) is 9.21. The number of sulfonamides is 1. The lowest BCUT2D eigenvalue weighted by Gasteiger charge is -2.16. The van der Waals surface area contributed by atoms with E-state index in [4.69, 9.17) is 0 Å². The molecule has 1 aliphatic heterocycles. The molecule has 4 rings (SSSR count). The molecule has 1 aromatic heterocycles. The van der Waals surface area contributed by atoms with E-state index < -0.39 is 10.0 Å². The molecule has 1 aliphatic rings. The van der Waals surface area contributed by atoms with Gasteiger partial charge in [0.25, 0.3) is 0 Å². The van der Waals surface area contributed by atoms with Crippen LogP contribution in [-0.2, 0) is 10.0 Å². The van der Waals surface area contributed by atoms with Gasteiger partial charge in [0.15, 0.2) is 0 Å². The fraction of sp³-hybridized carbons (Fsp3) is 0.263. The van der Waals surface area contributed by atoms with Crippen LogP contribution in [0.1, 0.15) is 22.9 Å². The van der Waals surface area contributed by atoms with E-state index in [1.807, 2.05) is 30.4 Å². The molecule has 2 aromatic carbocycles. The van der Waals surface area contributed by atoms with Crippen LogP contribution >= 0.6 is 11.3 Å². The first kappa shape index (κ1) is 18.2. The number of hydrazine groups is 1. The monoisotopic (exact) mass is 402 g/mol. The van der Waals surface area contributed by atoms with Crippen LogP contribution < -0.4 is 20.9 Å². The lowest BCUT2D eigenvalue weighted by atomic mass is 10.1. The van der Waals surface area contributed by atoms with Gasteiger partial charge in [-0.3, -0.25) is 4.72 Å². The highest BCUT2D eigenvalue weighted by Gasteiger charge is 2.26. The number of aryl methyl sites for hydroxylation is 1. The molecule has 8 heteroatoms. The standard InChI is InChI=1S/C19H22N4O2S2/c1-12-9-14(23-27(2,24)25)7-8-15(12)20-19-11-16(21-22-19)18-10-13-5-3-4-6-17(13)26-18/h3-10,16,19-23H,11H2,1-2H3. The summed E-state index contributed by atoms with van der Waals surface area (Å²) in [4.78, 5) is 1.32. The third-order valence-corrected chi connectivity index (χ3v) is 6.39. The molecule has 0 amide bonds. The molecule has 2 atom stereocenters. The van der Waals surface area contributed by atoms with Crippen molar-refractivity contribution in [3.05, 3.63) is 59.0 Å². The minimum atomic E-state index is -3.27. The van der Waals surface area contributed by atoms with Gasteiger partial charge in [0.05, 0.1) is 18.5 Å². The highest BCUT2D eigenvalue weighted by atomic mass is 32.2. The van der Waals surface area contributed by atoms with Crippen LogP contribution in [0.2, 0.25) is 0 Å². The molecule has 142 valence electrons. The van der Waals surface area contributed by atoms with Crippen LogP contribution in [0.4, 0.5) is 11.4 Å². The van der Waals surface area contributed by atoms with Gasteiger partial charge in [0.1, 0.15) is 0 Å². The second-order valence-corrected chi connectivity index (χ2v) is 9.73. The normalized spacial score (nSPS) is 20.1. The van der Waals surface area contributed by atoms with Gasteiger partial charge in [-0.1, -0.05) is 18.2 Å². The lowest BCUT2D eigenvalue weighted by molar-refractivity contribution is 0.568. The lowest BCUT2D eigenvalue weighted by Crippen LogP contribution is -2.36. The van der Waals surface area contributed by atoms with Crippen molar-refractivity contribution in [3.63, 3.8) is 0 Å². The van der Waals surface area contributed by atoms with E-state index in [-0.39, 0.29) is 12.2 Å². The average molecular weight is 403 g/mol. The fourth-order valence-electron chi connectivity index (χ4n) is 3.30. The molecule has 0 bridgehead atoms. The zero-order chi connectivity index (χ0) is 19.0. The summed E-state index contributed by atoms with van der Waals surface area (Å²) < 4.78 is 26.5. The number of hydrogen-bond donors (Lipinski definition) is 4. The van der Waals surface area contributed by atoms with Crippen molar-refractivity contribution in [1.29, 1.82) is 0 Å². The Morgan fingerprint density at radius 3 is 2.67 bits per heavy atom. The first-order valence-corrected chi connectivity index (χ1v) is 11.4. The van der Waals surface area contributed by atoms with Crippen molar-refractivity contribution in [3.8, 4) is 0 Å². The smallest absolute Gasteiger partial charge is 0.229 e. The second-order valence-electron chi connectivity index (χ2n) is 6.86. The summed E-state index contributed by atoms with van der Waals surface area (Å²) in [6, 6.07) is 16.4. The SMILES string of the molecule is Cc1cc(NS(C)(=O)=O)ccc1NC1CC(c2cc3ccccc3s2)NN1. The Bertz CT molecular complexity index is 1050. The maximum absolute atomic E-state index is 11.4. The Kier molecular flexibility index (Phi) is 4.81. The summed E-state index contributed by atoms with van der Waals surface area (Å²) in [5, 5.41) is 4.76. The molecule has 27 heavy (non-hydrogen) atoms. The molecule has 1 saturated heterocycles. The van der Waals surface area contributed by atoms with E-state index in [1.54, 1.807) is 6.07 Å². The molecule has 3 aromatic rings. The number of rotatable bonds is 5. The maximum Gasteiger partial charge on any atom is 0.229 e. The highest BCUT2D eigenvalue weighted by Crippen LogP contribution is 2.33. The number of hydrogen-bond acceptors (Lipinski definition) is 6. The van der Waals surface area contributed by atoms with Gasteiger partial charge < -0.3 is 5.32 Å².